The molecule has 8 heteroatoms. The Bertz CT molecular complexity index is 1280. The number of amides is 1. The van der Waals surface area contributed by atoms with Crippen LogP contribution in [0.4, 0.5) is 0 Å². The van der Waals surface area contributed by atoms with Gasteiger partial charge in [0.25, 0.3) is 0 Å². The van der Waals surface area contributed by atoms with Gasteiger partial charge in [-0.2, -0.15) is 5.10 Å². The Hall–Kier alpha value is -2.84. The lowest BCUT2D eigenvalue weighted by atomic mass is 9.97. The van der Waals surface area contributed by atoms with Crippen LogP contribution in [0.1, 0.15) is 35.8 Å². The van der Waals surface area contributed by atoms with Crippen molar-refractivity contribution in [1.29, 1.82) is 0 Å². The molecule has 0 spiro atoms. The summed E-state index contributed by atoms with van der Waals surface area (Å²) in [5, 5.41) is 8.47. The van der Waals surface area contributed by atoms with Crippen molar-refractivity contribution in [3.05, 3.63) is 63.9 Å². The van der Waals surface area contributed by atoms with Crippen molar-refractivity contribution in [3.63, 3.8) is 0 Å². The molecule has 0 aliphatic carbocycles. The minimum absolute atomic E-state index is 0.172. The molecule has 1 fully saturated rings. The van der Waals surface area contributed by atoms with Crippen LogP contribution in [0.5, 0.6) is 0 Å². The topological polar surface area (TPSA) is 66.8 Å². The molecule has 6 nitrogen and oxygen atoms in total. The molecule has 2 aromatic carbocycles. The Morgan fingerprint density at radius 2 is 2.00 bits per heavy atom. The van der Waals surface area contributed by atoms with Crippen molar-refractivity contribution in [2.75, 3.05) is 13.1 Å². The fourth-order valence-electron chi connectivity index (χ4n) is 4.34. The highest BCUT2D eigenvalue weighted by Crippen LogP contribution is 2.34. The number of benzene rings is 2. The number of hydrogen-bond donors (Lipinski definition) is 1. The maximum Gasteiger partial charge on any atom is 0.224 e. The third kappa shape index (κ3) is 4.25. The molecule has 0 unspecified atom stereocenters. The predicted molar refractivity (Wildman–Crippen MR) is 130 cm³/mol. The van der Waals surface area contributed by atoms with E-state index in [0.717, 1.165) is 48.4 Å². The van der Waals surface area contributed by atoms with Crippen LogP contribution in [-0.4, -0.2) is 43.6 Å². The fourth-order valence-corrected chi connectivity index (χ4v) is 5.70. The van der Waals surface area contributed by atoms with Gasteiger partial charge in [0.2, 0.25) is 5.91 Å². The van der Waals surface area contributed by atoms with Crippen LogP contribution < -0.4 is 0 Å². The Kier molecular flexibility index (Phi) is 5.89. The van der Waals surface area contributed by atoms with Gasteiger partial charge in [-0.3, -0.25) is 14.5 Å². The van der Waals surface area contributed by atoms with Gasteiger partial charge in [-0.05, 0) is 50.2 Å². The number of nitrogens with zero attached hydrogens (tertiary/aromatic N) is 4. The largest absolute Gasteiger partial charge is 0.343 e. The number of aromatic amines is 1. The van der Waals surface area contributed by atoms with Crippen molar-refractivity contribution in [1.82, 2.24) is 24.6 Å². The SMILES string of the molecule is Cc1cccc(-c2n[nH]c(=S)n2CCC(=O)N2CCC(c3nc4ccccc4s3)CC2)c1. The number of aromatic nitrogens is 4. The quantitative estimate of drug-likeness (QED) is 0.407. The fraction of sp³-hybridized carbons (Fsp3) is 0.333. The molecule has 3 heterocycles. The molecule has 5 rings (SSSR count). The van der Waals surface area contributed by atoms with Gasteiger partial charge in [0.1, 0.15) is 0 Å². The summed E-state index contributed by atoms with van der Waals surface area (Å²) in [6.45, 7) is 4.13. The van der Waals surface area contributed by atoms with E-state index in [1.165, 1.54) is 9.71 Å². The molecule has 1 N–H and O–H groups in total. The van der Waals surface area contributed by atoms with Crippen molar-refractivity contribution >= 4 is 39.7 Å². The molecule has 0 bridgehead atoms. The summed E-state index contributed by atoms with van der Waals surface area (Å²) in [6, 6.07) is 16.4. The summed E-state index contributed by atoms with van der Waals surface area (Å²) in [4.78, 5) is 19.7. The van der Waals surface area contributed by atoms with Crippen molar-refractivity contribution in [3.8, 4) is 11.4 Å². The summed E-state index contributed by atoms with van der Waals surface area (Å²) in [5.41, 5.74) is 3.24. The number of likely N-dealkylation sites (tertiary alicyclic amines) is 1. The molecular weight excluding hydrogens is 438 g/mol. The number of para-hydroxylation sites is 1. The Balaban J connectivity index is 1.21. The standard InChI is InChI=1S/C24H25N5OS2/c1-16-5-4-6-18(15-16)22-26-27-24(31)29(22)14-11-21(30)28-12-9-17(10-13-28)23-25-19-7-2-3-8-20(19)32-23/h2-8,15,17H,9-14H2,1H3,(H,27,31). The summed E-state index contributed by atoms with van der Waals surface area (Å²) in [6.07, 6.45) is 2.34. The van der Waals surface area contributed by atoms with E-state index in [4.69, 9.17) is 17.2 Å². The lowest BCUT2D eigenvalue weighted by molar-refractivity contribution is -0.132. The van der Waals surface area contributed by atoms with Gasteiger partial charge in [-0.15, -0.1) is 11.3 Å². The van der Waals surface area contributed by atoms with Gasteiger partial charge in [-0.1, -0.05) is 35.9 Å². The lowest BCUT2D eigenvalue weighted by Crippen LogP contribution is -2.38. The number of aryl methyl sites for hydroxylation is 1. The zero-order chi connectivity index (χ0) is 22.1. The van der Waals surface area contributed by atoms with Crippen LogP contribution >= 0.6 is 23.6 Å². The van der Waals surface area contributed by atoms with Crippen LogP contribution in [0.15, 0.2) is 48.5 Å². The third-order valence-electron chi connectivity index (χ3n) is 6.09. The summed E-state index contributed by atoms with van der Waals surface area (Å²) >= 11 is 7.21. The van der Waals surface area contributed by atoms with E-state index in [-0.39, 0.29) is 5.91 Å². The molecule has 0 atom stereocenters. The van der Waals surface area contributed by atoms with E-state index in [1.54, 1.807) is 11.3 Å². The molecule has 1 amide bonds. The maximum absolute atomic E-state index is 12.9. The zero-order valence-electron chi connectivity index (χ0n) is 18.0. The number of nitrogens with one attached hydrogen (secondary N) is 1. The van der Waals surface area contributed by atoms with E-state index < -0.39 is 0 Å². The average Bonchev–Trinajstić information content (AvgIpc) is 3.41. The van der Waals surface area contributed by atoms with E-state index >= 15 is 0 Å². The highest BCUT2D eigenvalue weighted by atomic mass is 32.1. The van der Waals surface area contributed by atoms with Crippen LogP contribution in [0, 0.1) is 11.7 Å². The average molecular weight is 464 g/mol. The summed E-state index contributed by atoms with van der Waals surface area (Å²) in [5.74, 6) is 1.39. The number of thiazole rings is 1. The van der Waals surface area contributed by atoms with Crippen LogP contribution in [-0.2, 0) is 11.3 Å². The third-order valence-corrected chi connectivity index (χ3v) is 7.60. The first-order valence-corrected chi connectivity index (χ1v) is 12.2. The summed E-state index contributed by atoms with van der Waals surface area (Å²) in [7, 11) is 0. The van der Waals surface area contributed by atoms with Crippen LogP contribution in [0.2, 0.25) is 0 Å². The molecule has 1 aliphatic heterocycles. The first kappa shape index (κ1) is 21.0. The van der Waals surface area contributed by atoms with E-state index in [0.29, 0.717) is 23.7 Å². The Labute approximate surface area is 195 Å². The van der Waals surface area contributed by atoms with Crippen molar-refractivity contribution < 1.29 is 4.79 Å². The van der Waals surface area contributed by atoms with Crippen LogP contribution in [0.3, 0.4) is 0 Å². The molecule has 1 aliphatic rings. The molecule has 32 heavy (non-hydrogen) atoms. The number of piperidine rings is 1. The highest BCUT2D eigenvalue weighted by molar-refractivity contribution is 7.71. The normalized spacial score (nSPS) is 14.8. The van der Waals surface area contributed by atoms with E-state index in [9.17, 15) is 4.79 Å². The molecule has 2 aromatic heterocycles. The Morgan fingerprint density at radius 3 is 2.78 bits per heavy atom. The van der Waals surface area contributed by atoms with Gasteiger partial charge in [0.05, 0.1) is 15.2 Å². The van der Waals surface area contributed by atoms with Gasteiger partial charge in [0, 0.05) is 37.5 Å². The monoisotopic (exact) mass is 463 g/mol. The first-order valence-electron chi connectivity index (χ1n) is 10.9. The first-order chi connectivity index (χ1) is 15.6. The smallest absolute Gasteiger partial charge is 0.224 e. The molecule has 0 radical (unpaired) electrons. The lowest BCUT2D eigenvalue weighted by Gasteiger charge is -2.31. The maximum atomic E-state index is 12.9. The van der Waals surface area contributed by atoms with Gasteiger partial charge in [0.15, 0.2) is 10.6 Å². The molecule has 4 aromatic rings. The van der Waals surface area contributed by atoms with E-state index in [1.807, 2.05) is 27.7 Å². The second-order valence-electron chi connectivity index (χ2n) is 8.30. The Morgan fingerprint density at radius 1 is 1.19 bits per heavy atom. The number of carbonyl (C=O) groups excluding carboxylic acids is 1. The minimum Gasteiger partial charge on any atom is -0.343 e. The van der Waals surface area contributed by atoms with Gasteiger partial charge < -0.3 is 4.90 Å². The number of carbonyl (C=O) groups is 1. The molecule has 0 saturated carbocycles. The van der Waals surface area contributed by atoms with Crippen LogP contribution in [0.25, 0.3) is 21.6 Å². The second-order valence-corrected chi connectivity index (χ2v) is 9.75. The zero-order valence-corrected chi connectivity index (χ0v) is 19.6. The minimum atomic E-state index is 0.172. The van der Waals surface area contributed by atoms with Gasteiger partial charge >= 0.3 is 0 Å². The second kappa shape index (κ2) is 8.96. The number of fused-ring (bicyclic) bond motifs is 1. The van der Waals surface area contributed by atoms with Crippen molar-refractivity contribution in [2.45, 2.75) is 38.6 Å². The predicted octanol–water partition coefficient (Wildman–Crippen LogP) is 5.32. The van der Waals surface area contributed by atoms with Gasteiger partial charge in [-0.25, -0.2) is 4.98 Å². The molecule has 1 saturated heterocycles. The van der Waals surface area contributed by atoms with E-state index in [2.05, 4.69) is 47.5 Å². The highest BCUT2D eigenvalue weighted by Gasteiger charge is 2.26. The van der Waals surface area contributed by atoms with Crippen molar-refractivity contribution in [2.24, 2.45) is 0 Å². The molecule has 164 valence electrons. The number of H-pyrrole nitrogens is 1. The summed E-state index contributed by atoms with van der Waals surface area (Å²) < 4.78 is 3.71. The molecular formula is C24H25N5OS2. The number of rotatable bonds is 5. The number of hydrogen-bond acceptors (Lipinski definition) is 5.